The number of anilines is 2. The van der Waals surface area contributed by atoms with Gasteiger partial charge in [-0.05, 0) is 24.6 Å². The summed E-state index contributed by atoms with van der Waals surface area (Å²) in [5.41, 5.74) is 2.91. The van der Waals surface area contributed by atoms with Crippen LogP contribution in [0.4, 0.5) is 11.8 Å². The molecular weight excluding hydrogens is 340 g/mol. The van der Waals surface area contributed by atoms with Crippen molar-refractivity contribution >= 4 is 11.8 Å². The van der Waals surface area contributed by atoms with E-state index in [1.165, 1.54) is 0 Å². The molecule has 6 nitrogen and oxygen atoms in total. The van der Waals surface area contributed by atoms with E-state index in [0.29, 0.717) is 18.3 Å². The van der Waals surface area contributed by atoms with Crippen molar-refractivity contribution in [1.82, 2.24) is 9.97 Å². The minimum Gasteiger partial charge on any atom is -0.497 e. The van der Waals surface area contributed by atoms with Gasteiger partial charge in [0.15, 0.2) is 0 Å². The molecule has 0 saturated heterocycles. The van der Waals surface area contributed by atoms with E-state index in [-0.39, 0.29) is 12.6 Å². The first-order valence-electron chi connectivity index (χ1n) is 8.86. The minimum absolute atomic E-state index is 0.00545. The van der Waals surface area contributed by atoms with Crippen LogP contribution in [0.2, 0.25) is 0 Å². The van der Waals surface area contributed by atoms with Crippen LogP contribution in [0.15, 0.2) is 60.7 Å². The van der Waals surface area contributed by atoms with Gasteiger partial charge in [-0.15, -0.1) is 0 Å². The van der Waals surface area contributed by atoms with Gasteiger partial charge in [-0.1, -0.05) is 42.5 Å². The van der Waals surface area contributed by atoms with E-state index in [0.717, 1.165) is 22.6 Å². The number of ether oxygens (including phenoxy) is 1. The van der Waals surface area contributed by atoms with Gasteiger partial charge in [0.2, 0.25) is 5.95 Å². The lowest BCUT2D eigenvalue weighted by atomic mass is 10.1. The van der Waals surface area contributed by atoms with Crippen molar-refractivity contribution in [2.45, 2.75) is 19.5 Å². The maximum atomic E-state index is 9.31. The Morgan fingerprint density at radius 1 is 1.04 bits per heavy atom. The normalized spacial score (nSPS) is 11.7. The molecule has 0 aliphatic carbocycles. The Morgan fingerprint density at radius 2 is 1.85 bits per heavy atom. The van der Waals surface area contributed by atoms with Gasteiger partial charge in [0.25, 0.3) is 0 Å². The molecule has 0 fully saturated rings. The van der Waals surface area contributed by atoms with E-state index < -0.39 is 0 Å². The maximum Gasteiger partial charge on any atom is 0.225 e. The Kier molecular flexibility index (Phi) is 6.22. The van der Waals surface area contributed by atoms with Crippen molar-refractivity contribution in [1.29, 1.82) is 0 Å². The lowest BCUT2D eigenvalue weighted by Crippen LogP contribution is -2.21. The molecule has 1 aromatic heterocycles. The van der Waals surface area contributed by atoms with Crippen molar-refractivity contribution in [3.63, 3.8) is 0 Å². The minimum atomic E-state index is -0.137. The third kappa shape index (κ3) is 5.18. The Bertz CT molecular complexity index is 871. The van der Waals surface area contributed by atoms with Gasteiger partial charge < -0.3 is 20.5 Å². The number of rotatable bonds is 8. The van der Waals surface area contributed by atoms with E-state index in [1.807, 2.05) is 67.6 Å². The average Bonchev–Trinajstić information content (AvgIpc) is 2.72. The van der Waals surface area contributed by atoms with E-state index >= 15 is 0 Å². The molecule has 0 aliphatic rings. The van der Waals surface area contributed by atoms with Gasteiger partial charge in [-0.25, -0.2) is 4.98 Å². The third-order valence-corrected chi connectivity index (χ3v) is 4.05. The van der Waals surface area contributed by atoms with Crippen LogP contribution in [0, 0.1) is 0 Å². The second-order valence-electron chi connectivity index (χ2n) is 6.26. The highest BCUT2D eigenvalue weighted by Gasteiger charge is 2.09. The molecule has 3 N–H and O–H groups in total. The van der Waals surface area contributed by atoms with Crippen molar-refractivity contribution in [2.75, 3.05) is 24.4 Å². The molecule has 0 saturated carbocycles. The Morgan fingerprint density at radius 3 is 2.59 bits per heavy atom. The van der Waals surface area contributed by atoms with Crippen LogP contribution in [0.25, 0.3) is 11.3 Å². The summed E-state index contributed by atoms with van der Waals surface area (Å²) in [6, 6.07) is 19.6. The number of methoxy groups -OCH3 is 1. The number of aromatic nitrogens is 2. The van der Waals surface area contributed by atoms with Crippen LogP contribution in [0.5, 0.6) is 5.75 Å². The van der Waals surface area contributed by atoms with Crippen molar-refractivity contribution in [2.24, 2.45) is 0 Å². The number of hydrogen-bond donors (Lipinski definition) is 3. The van der Waals surface area contributed by atoms with Gasteiger partial charge >= 0.3 is 0 Å². The number of benzene rings is 2. The molecule has 1 heterocycles. The lowest BCUT2D eigenvalue weighted by Gasteiger charge is -2.14. The summed E-state index contributed by atoms with van der Waals surface area (Å²) in [5.74, 6) is 2.01. The quantitative estimate of drug-likeness (QED) is 0.567. The molecule has 1 atom stereocenters. The highest BCUT2D eigenvalue weighted by molar-refractivity contribution is 5.64. The number of nitrogens with zero attached hydrogens (tertiary/aromatic N) is 2. The van der Waals surface area contributed by atoms with Crippen LogP contribution < -0.4 is 15.4 Å². The molecule has 0 spiro atoms. The number of nitrogens with one attached hydrogen (secondary N) is 2. The fraction of sp³-hybridized carbons (Fsp3) is 0.238. The smallest absolute Gasteiger partial charge is 0.225 e. The maximum absolute atomic E-state index is 9.31. The first-order valence-corrected chi connectivity index (χ1v) is 8.86. The molecule has 2 aromatic carbocycles. The summed E-state index contributed by atoms with van der Waals surface area (Å²) in [6.07, 6.45) is 0. The zero-order valence-corrected chi connectivity index (χ0v) is 15.5. The Labute approximate surface area is 159 Å². The summed E-state index contributed by atoms with van der Waals surface area (Å²) in [7, 11) is 1.66. The van der Waals surface area contributed by atoms with E-state index in [2.05, 4.69) is 20.6 Å². The zero-order valence-electron chi connectivity index (χ0n) is 15.5. The summed E-state index contributed by atoms with van der Waals surface area (Å²) in [6.45, 7) is 2.49. The average molecular weight is 364 g/mol. The van der Waals surface area contributed by atoms with Gasteiger partial charge in [0, 0.05) is 24.2 Å². The lowest BCUT2D eigenvalue weighted by molar-refractivity contribution is 0.281. The Hall–Kier alpha value is -3.12. The van der Waals surface area contributed by atoms with E-state index in [9.17, 15) is 5.11 Å². The number of hydrogen-bond acceptors (Lipinski definition) is 6. The zero-order chi connectivity index (χ0) is 19.1. The topological polar surface area (TPSA) is 79.3 Å². The molecule has 6 heteroatoms. The third-order valence-electron chi connectivity index (χ3n) is 4.05. The number of aliphatic hydroxyl groups excluding tert-OH is 1. The SMILES string of the molecule is COc1cccc(CNc2cc(-c3ccccc3)nc(N[C@H](C)CO)n2)c1. The summed E-state index contributed by atoms with van der Waals surface area (Å²) in [5, 5.41) is 15.8. The molecule has 0 amide bonds. The second kappa shape index (κ2) is 9.00. The molecule has 0 radical (unpaired) electrons. The largest absolute Gasteiger partial charge is 0.497 e. The molecule has 3 aromatic rings. The predicted molar refractivity (Wildman–Crippen MR) is 108 cm³/mol. The highest BCUT2D eigenvalue weighted by atomic mass is 16.5. The van der Waals surface area contributed by atoms with Gasteiger partial charge in [0.1, 0.15) is 11.6 Å². The predicted octanol–water partition coefficient (Wildman–Crippen LogP) is 3.56. The molecular formula is C21H24N4O2. The summed E-state index contributed by atoms with van der Waals surface area (Å²) >= 11 is 0. The first kappa shape index (κ1) is 18.7. The molecule has 3 rings (SSSR count). The van der Waals surface area contributed by atoms with Crippen LogP contribution in [0.1, 0.15) is 12.5 Å². The van der Waals surface area contributed by atoms with Gasteiger partial charge in [-0.2, -0.15) is 4.98 Å². The van der Waals surface area contributed by atoms with Gasteiger partial charge in [-0.3, -0.25) is 0 Å². The standard InChI is InChI=1S/C21H24N4O2/c1-15(14-26)23-21-24-19(17-8-4-3-5-9-17)12-20(25-21)22-13-16-7-6-10-18(11-16)27-2/h3-12,15,26H,13-14H2,1-2H3,(H2,22,23,24,25)/t15-/m1/s1. The second-order valence-corrected chi connectivity index (χ2v) is 6.26. The van der Waals surface area contributed by atoms with Crippen molar-refractivity contribution in [3.8, 4) is 17.0 Å². The van der Waals surface area contributed by atoms with Crippen LogP contribution in [-0.4, -0.2) is 34.8 Å². The fourth-order valence-electron chi connectivity index (χ4n) is 2.60. The summed E-state index contributed by atoms with van der Waals surface area (Å²) < 4.78 is 5.27. The van der Waals surface area contributed by atoms with Crippen LogP contribution >= 0.6 is 0 Å². The monoisotopic (exact) mass is 364 g/mol. The van der Waals surface area contributed by atoms with E-state index in [1.54, 1.807) is 7.11 Å². The van der Waals surface area contributed by atoms with Crippen LogP contribution in [0.3, 0.4) is 0 Å². The molecule has 0 aliphatic heterocycles. The summed E-state index contributed by atoms with van der Waals surface area (Å²) in [4.78, 5) is 9.11. The number of aliphatic hydroxyl groups is 1. The fourth-order valence-corrected chi connectivity index (χ4v) is 2.60. The van der Waals surface area contributed by atoms with Crippen molar-refractivity contribution < 1.29 is 9.84 Å². The van der Waals surface area contributed by atoms with Crippen molar-refractivity contribution in [3.05, 3.63) is 66.2 Å². The Balaban J connectivity index is 1.85. The van der Waals surface area contributed by atoms with Gasteiger partial charge in [0.05, 0.1) is 19.4 Å². The first-order chi connectivity index (χ1) is 13.2. The highest BCUT2D eigenvalue weighted by Crippen LogP contribution is 2.22. The van der Waals surface area contributed by atoms with Crippen LogP contribution in [-0.2, 0) is 6.54 Å². The van der Waals surface area contributed by atoms with E-state index in [4.69, 9.17) is 4.74 Å². The molecule has 27 heavy (non-hydrogen) atoms. The molecule has 0 bridgehead atoms. The molecule has 140 valence electrons. The molecule has 0 unspecified atom stereocenters.